The quantitative estimate of drug-likeness (QED) is 0.669. The number of rotatable bonds is 4. The Balaban J connectivity index is 1.71. The first kappa shape index (κ1) is 16.5. The van der Waals surface area contributed by atoms with Crippen LogP contribution in [0.1, 0.15) is 32.3 Å². The first-order chi connectivity index (χ1) is 11.8. The van der Waals surface area contributed by atoms with Gasteiger partial charge in [0.05, 0.1) is 6.54 Å². The fraction of sp³-hybridized carbons (Fsp3) is 0.500. The highest BCUT2D eigenvalue weighted by atomic mass is 15.3. The number of nitrogens with one attached hydrogen (secondary N) is 2. The van der Waals surface area contributed by atoms with Crippen molar-refractivity contribution < 1.29 is 0 Å². The van der Waals surface area contributed by atoms with Gasteiger partial charge in [0.1, 0.15) is 6.33 Å². The molecule has 0 amide bonds. The maximum atomic E-state index is 4.84. The third-order valence-electron chi connectivity index (χ3n) is 4.44. The first-order valence-corrected chi connectivity index (χ1v) is 8.74. The molecular formula is C18H26N6. The second-order valence-electron chi connectivity index (χ2n) is 6.37. The first-order valence-electron chi connectivity index (χ1n) is 8.74. The van der Waals surface area contributed by atoms with Gasteiger partial charge in [0.2, 0.25) is 0 Å². The van der Waals surface area contributed by atoms with Gasteiger partial charge < -0.3 is 10.2 Å². The Bertz CT molecular complexity index is 656. The van der Waals surface area contributed by atoms with Crippen LogP contribution in [0.25, 0.3) is 11.4 Å². The van der Waals surface area contributed by atoms with Gasteiger partial charge in [0.25, 0.3) is 0 Å². The van der Waals surface area contributed by atoms with E-state index in [0.29, 0.717) is 6.54 Å². The molecule has 0 spiro atoms. The number of aromatic nitrogens is 3. The highest BCUT2D eigenvalue weighted by molar-refractivity contribution is 5.80. The molecule has 0 unspecified atom stereocenters. The fourth-order valence-corrected chi connectivity index (χ4v) is 2.97. The normalized spacial score (nSPS) is 16.4. The molecule has 2 heterocycles. The lowest BCUT2D eigenvalue weighted by molar-refractivity contribution is 0.273. The number of hydrogen-bond donors (Lipinski definition) is 2. The summed E-state index contributed by atoms with van der Waals surface area (Å²) < 4.78 is 0. The molecular weight excluding hydrogens is 300 g/mol. The van der Waals surface area contributed by atoms with Crippen molar-refractivity contribution in [3.05, 3.63) is 36.2 Å². The number of nitrogens with zero attached hydrogens (tertiary/aromatic N) is 4. The number of likely N-dealkylation sites (tertiary alicyclic amines) is 1. The number of guanidine groups is 1. The maximum absolute atomic E-state index is 4.84. The fourth-order valence-electron chi connectivity index (χ4n) is 2.97. The van der Waals surface area contributed by atoms with Gasteiger partial charge in [-0.05, 0) is 37.3 Å². The molecule has 24 heavy (non-hydrogen) atoms. The Morgan fingerprint density at radius 1 is 1.38 bits per heavy atom. The van der Waals surface area contributed by atoms with Gasteiger partial charge in [0, 0.05) is 25.2 Å². The highest BCUT2D eigenvalue weighted by Crippen LogP contribution is 2.18. The lowest BCUT2D eigenvalue weighted by Gasteiger charge is -2.33. The van der Waals surface area contributed by atoms with Crippen LogP contribution in [0.2, 0.25) is 0 Å². The summed E-state index contributed by atoms with van der Waals surface area (Å²) in [6, 6.07) is 8.29. The maximum Gasteiger partial charge on any atom is 0.194 e. The van der Waals surface area contributed by atoms with Crippen LogP contribution in [-0.2, 0) is 6.54 Å². The third kappa shape index (κ3) is 4.13. The molecule has 1 aromatic heterocycles. The van der Waals surface area contributed by atoms with E-state index in [2.05, 4.69) is 51.4 Å². The molecule has 6 heteroatoms. The Morgan fingerprint density at radius 2 is 2.21 bits per heavy atom. The summed E-state index contributed by atoms with van der Waals surface area (Å²) >= 11 is 0. The molecule has 0 saturated carbocycles. The van der Waals surface area contributed by atoms with E-state index >= 15 is 0 Å². The van der Waals surface area contributed by atoms with Crippen LogP contribution < -0.4 is 5.32 Å². The summed E-state index contributed by atoms with van der Waals surface area (Å²) in [7, 11) is 0. The van der Waals surface area contributed by atoms with Crippen LogP contribution in [0.15, 0.2) is 35.6 Å². The van der Waals surface area contributed by atoms with Crippen molar-refractivity contribution in [3.63, 3.8) is 0 Å². The van der Waals surface area contributed by atoms with E-state index in [1.165, 1.54) is 24.7 Å². The predicted molar refractivity (Wildman–Crippen MR) is 96.6 cm³/mol. The number of hydrogen-bond acceptors (Lipinski definition) is 3. The number of benzene rings is 1. The van der Waals surface area contributed by atoms with Crippen LogP contribution in [0.3, 0.4) is 0 Å². The van der Waals surface area contributed by atoms with E-state index in [9.17, 15) is 0 Å². The molecule has 1 saturated heterocycles. The number of H-pyrrole nitrogens is 1. The summed E-state index contributed by atoms with van der Waals surface area (Å²) in [4.78, 5) is 11.4. The zero-order chi connectivity index (χ0) is 16.8. The van der Waals surface area contributed by atoms with Crippen molar-refractivity contribution in [1.29, 1.82) is 0 Å². The lowest BCUT2D eigenvalue weighted by Crippen LogP contribution is -2.45. The summed E-state index contributed by atoms with van der Waals surface area (Å²) in [6.45, 7) is 8.18. The van der Waals surface area contributed by atoms with Crippen molar-refractivity contribution in [1.82, 2.24) is 25.4 Å². The van der Waals surface area contributed by atoms with Gasteiger partial charge in [-0.1, -0.05) is 25.1 Å². The standard InChI is InChI=1S/C18H26N6/c1-3-19-18(24-9-7-14(2)8-10-24)20-12-15-5-4-6-16(11-15)17-21-13-22-23-17/h4-6,11,13-14H,3,7-10,12H2,1-2H3,(H,19,20)(H,21,22,23). The molecule has 0 aliphatic carbocycles. The Labute approximate surface area is 143 Å². The Morgan fingerprint density at radius 3 is 2.92 bits per heavy atom. The molecule has 1 aromatic carbocycles. The van der Waals surface area contributed by atoms with Gasteiger partial charge in [-0.15, -0.1) is 0 Å². The summed E-state index contributed by atoms with van der Waals surface area (Å²) in [5.74, 6) is 2.63. The number of piperidine rings is 1. The van der Waals surface area contributed by atoms with Gasteiger partial charge in [-0.2, -0.15) is 5.10 Å². The van der Waals surface area contributed by atoms with Gasteiger partial charge in [0.15, 0.2) is 11.8 Å². The second kappa shape index (κ2) is 7.95. The molecule has 1 aliphatic rings. The van der Waals surface area contributed by atoms with Crippen LogP contribution in [-0.4, -0.2) is 45.7 Å². The number of aliphatic imine (C=N–C) groups is 1. The minimum absolute atomic E-state index is 0.663. The lowest BCUT2D eigenvalue weighted by atomic mass is 10.00. The molecule has 0 radical (unpaired) electrons. The monoisotopic (exact) mass is 326 g/mol. The van der Waals surface area contributed by atoms with Crippen LogP contribution in [0.5, 0.6) is 0 Å². The zero-order valence-corrected chi connectivity index (χ0v) is 14.5. The van der Waals surface area contributed by atoms with Crippen LogP contribution >= 0.6 is 0 Å². The van der Waals surface area contributed by atoms with E-state index < -0.39 is 0 Å². The molecule has 0 atom stereocenters. The summed E-state index contributed by atoms with van der Waals surface area (Å²) in [5.41, 5.74) is 2.21. The Hall–Kier alpha value is -2.37. The molecule has 0 bridgehead atoms. The molecule has 1 fully saturated rings. The minimum atomic E-state index is 0.663. The number of aromatic amines is 1. The van der Waals surface area contributed by atoms with E-state index in [4.69, 9.17) is 4.99 Å². The minimum Gasteiger partial charge on any atom is -0.357 e. The van der Waals surface area contributed by atoms with Crippen molar-refractivity contribution in [2.75, 3.05) is 19.6 Å². The van der Waals surface area contributed by atoms with E-state index in [-0.39, 0.29) is 0 Å². The van der Waals surface area contributed by atoms with Crippen LogP contribution in [0, 0.1) is 5.92 Å². The van der Waals surface area contributed by atoms with Crippen molar-refractivity contribution in [2.24, 2.45) is 10.9 Å². The molecule has 128 valence electrons. The molecule has 3 rings (SSSR count). The molecule has 1 aliphatic heterocycles. The summed E-state index contributed by atoms with van der Waals surface area (Å²) in [5, 5.41) is 10.2. The highest BCUT2D eigenvalue weighted by Gasteiger charge is 2.18. The Kier molecular flexibility index (Phi) is 5.46. The smallest absolute Gasteiger partial charge is 0.194 e. The largest absolute Gasteiger partial charge is 0.357 e. The van der Waals surface area contributed by atoms with E-state index in [1.807, 2.05) is 12.1 Å². The van der Waals surface area contributed by atoms with Crippen molar-refractivity contribution >= 4 is 5.96 Å². The van der Waals surface area contributed by atoms with Gasteiger partial charge in [-0.3, -0.25) is 5.10 Å². The topological polar surface area (TPSA) is 69.2 Å². The predicted octanol–water partition coefficient (Wildman–Crippen LogP) is 2.67. The molecule has 2 N–H and O–H groups in total. The molecule has 2 aromatic rings. The summed E-state index contributed by atoms with van der Waals surface area (Å²) in [6.07, 6.45) is 4.01. The van der Waals surface area contributed by atoms with Crippen LogP contribution in [0.4, 0.5) is 0 Å². The second-order valence-corrected chi connectivity index (χ2v) is 6.37. The van der Waals surface area contributed by atoms with Gasteiger partial charge >= 0.3 is 0 Å². The molecule has 6 nitrogen and oxygen atoms in total. The van der Waals surface area contributed by atoms with Gasteiger partial charge in [-0.25, -0.2) is 9.98 Å². The van der Waals surface area contributed by atoms with Crippen molar-refractivity contribution in [3.8, 4) is 11.4 Å². The third-order valence-corrected chi connectivity index (χ3v) is 4.44. The SMILES string of the molecule is CCNC(=NCc1cccc(-c2ncn[nH]2)c1)N1CCC(C)CC1. The van der Waals surface area contributed by atoms with E-state index in [1.54, 1.807) is 0 Å². The van der Waals surface area contributed by atoms with E-state index in [0.717, 1.165) is 42.9 Å². The average Bonchev–Trinajstić information content (AvgIpc) is 3.14. The average molecular weight is 326 g/mol. The zero-order valence-electron chi connectivity index (χ0n) is 14.5. The van der Waals surface area contributed by atoms with Crippen molar-refractivity contribution in [2.45, 2.75) is 33.2 Å².